The van der Waals surface area contributed by atoms with Gasteiger partial charge in [-0.1, -0.05) is 29.4 Å². The van der Waals surface area contributed by atoms with Crippen LogP contribution in [0, 0.1) is 6.92 Å². The van der Waals surface area contributed by atoms with Crippen molar-refractivity contribution in [2.24, 2.45) is 0 Å². The van der Waals surface area contributed by atoms with Crippen molar-refractivity contribution in [2.45, 2.75) is 51.2 Å². The van der Waals surface area contributed by atoms with Gasteiger partial charge >= 0.3 is 5.97 Å². The zero-order valence-electron chi connectivity index (χ0n) is 15.2. The molecule has 0 bridgehead atoms. The fourth-order valence-electron chi connectivity index (χ4n) is 3.47. The van der Waals surface area contributed by atoms with Gasteiger partial charge in [-0.25, -0.2) is 4.79 Å². The molecule has 27 heavy (non-hydrogen) atoms. The van der Waals surface area contributed by atoms with E-state index in [1.807, 2.05) is 12.1 Å². The number of hydrogen-bond acceptors (Lipinski definition) is 6. The summed E-state index contributed by atoms with van der Waals surface area (Å²) in [7, 11) is 0. The third kappa shape index (κ3) is 5.13. The molecule has 0 fully saturated rings. The average Bonchev–Trinajstić information content (AvgIpc) is 3.06. The first-order chi connectivity index (χ1) is 13.0. The Labute approximate surface area is 156 Å². The standard InChI is InChI=1S/C19H23N3O5/c1-12-20-18(27-22-12)11-26-10-17(23)21-16(19(24)25)9-14-7-4-6-13-5-2-3-8-15(13)14/h2-3,5,8,14,16H,4,6-7,9-11H2,1H3,(H,21,23)(H,24,25). The van der Waals surface area contributed by atoms with Gasteiger partial charge in [0.25, 0.3) is 5.89 Å². The Morgan fingerprint density at radius 1 is 1.41 bits per heavy atom. The van der Waals surface area contributed by atoms with Gasteiger partial charge in [0.1, 0.15) is 19.3 Å². The summed E-state index contributed by atoms with van der Waals surface area (Å²) in [5.74, 6) is -0.647. The van der Waals surface area contributed by atoms with Gasteiger partial charge in [0, 0.05) is 0 Å². The third-order valence-corrected chi connectivity index (χ3v) is 4.68. The number of aromatic nitrogens is 2. The van der Waals surface area contributed by atoms with E-state index >= 15 is 0 Å². The van der Waals surface area contributed by atoms with E-state index in [0.717, 1.165) is 19.3 Å². The topological polar surface area (TPSA) is 115 Å². The van der Waals surface area contributed by atoms with Crippen molar-refractivity contribution in [1.82, 2.24) is 15.5 Å². The molecule has 0 aliphatic heterocycles. The predicted octanol–water partition coefficient (Wildman–Crippen LogP) is 1.97. The van der Waals surface area contributed by atoms with Crippen LogP contribution < -0.4 is 5.32 Å². The van der Waals surface area contributed by atoms with Gasteiger partial charge < -0.3 is 19.7 Å². The molecule has 0 saturated carbocycles. The summed E-state index contributed by atoms with van der Waals surface area (Å²) in [5.41, 5.74) is 2.45. The summed E-state index contributed by atoms with van der Waals surface area (Å²) < 4.78 is 10.1. The lowest BCUT2D eigenvalue weighted by Crippen LogP contribution is -2.43. The Hall–Kier alpha value is -2.74. The van der Waals surface area contributed by atoms with Gasteiger partial charge in [0.2, 0.25) is 5.91 Å². The highest BCUT2D eigenvalue weighted by molar-refractivity contribution is 5.84. The van der Waals surface area contributed by atoms with Crippen LogP contribution in [-0.4, -0.2) is 39.8 Å². The molecular formula is C19H23N3O5. The Balaban J connectivity index is 1.53. The molecule has 8 nitrogen and oxygen atoms in total. The molecule has 0 radical (unpaired) electrons. The molecule has 0 spiro atoms. The minimum atomic E-state index is -1.04. The smallest absolute Gasteiger partial charge is 0.326 e. The van der Waals surface area contributed by atoms with Gasteiger partial charge in [0.05, 0.1) is 0 Å². The molecule has 1 heterocycles. The number of aliphatic carboxylic acids is 1. The van der Waals surface area contributed by atoms with Crippen molar-refractivity contribution in [3.05, 3.63) is 47.1 Å². The van der Waals surface area contributed by atoms with Crippen LogP contribution in [0.3, 0.4) is 0 Å². The van der Waals surface area contributed by atoms with Crippen LogP contribution >= 0.6 is 0 Å². The Bertz CT molecular complexity index is 804. The van der Waals surface area contributed by atoms with E-state index < -0.39 is 17.9 Å². The number of fused-ring (bicyclic) bond motifs is 1. The van der Waals surface area contributed by atoms with E-state index in [4.69, 9.17) is 9.26 Å². The monoisotopic (exact) mass is 373 g/mol. The lowest BCUT2D eigenvalue weighted by molar-refractivity contribution is -0.143. The van der Waals surface area contributed by atoms with Crippen LogP contribution in [-0.2, 0) is 27.4 Å². The molecule has 1 aliphatic rings. The van der Waals surface area contributed by atoms with E-state index in [1.165, 1.54) is 11.1 Å². The van der Waals surface area contributed by atoms with Crippen LogP contribution in [0.15, 0.2) is 28.8 Å². The molecule has 1 aromatic carbocycles. The quantitative estimate of drug-likeness (QED) is 0.727. The van der Waals surface area contributed by atoms with E-state index in [-0.39, 0.29) is 25.0 Å². The highest BCUT2D eigenvalue weighted by Crippen LogP contribution is 2.34. The van der Waals surface area contributed by atoms with Crippen molar-refractivity contribution in [3.8, 4) is 0 Å². The first-order valence-corrected chi connectivity index (χ1v) is 9.00. The summed E-state index contributed by atoms with van der Waals surface area (Å²) in [6.07, 6.45) is 3.32. The number of carboxylic acids is 1. The number of ether oxygens (including phenoxy) is 1. The maximum atomic E-state index is 12.1. The number of nitrogens with one attached hydrogen (secondary N) is 1. The Morgan fingerprint density at radius 3 is 2.96 bits per heavy atom. The van der Waals surface area contributed by atoms with Gasteiger partial charge in [-0.15, -0.1) is 0 Å². The second-order valence-electron chi connectivity index (χ2n) is 6.71. The molecule has 2 atom stereocenters. The Kier molecular flexibility index (Phi) is 6.18. The molecule has 0 saturated heterocycles. The molecule has 1 aromatic heterocycles. The molecule has 1 aliphatic carbocycles. The first-order valence-electron chi connectivity index (χ1n) is 9.00. The summed E-state index contributed by atoms with van der Waals surface area (Å²) in [4.78, 5) is 27.7. The lowest BCUT2D eigenvalue weighted by Gasteiger charge is -2.28. The van der Waals surface area contributed by atoms with Crippen molar-refractivity contribution < 1.29 is 24.0 Å². The zero-order valence-corrected chi connectivity index (χ0v) is 15.2. The second-order valence-corrected chi connectivity index (χ2v) is 6.71. The van der Waals surface area contributed by atoms with Crippen LogP contribution in [0.2, 0.25) is 0 Å². The molecule has 144 valence electrons. The number of hydrogen-bond donors (Lipinski definition) is 2. The van der Waals surface area contributed by atoms with E-state index in [1.54, 1.807) is 6.92 Å². The summed E-state index contributed by atoms with van der Waals surface area (Å²) in [5, 5.41) is 15.7. The second kappa shape index (κ2) is 8.77. The average molecular weight is 373 g/mol. The Morgan fingerprint density at radius 2 is 2.22 bits per heavy atom. The van der Waals surface area contributed by atoms with Gasteiger partial charge in [-0.2, -0.15) is 4.98 Å². The number of nitrogens with zero attached hydrogens (tertiary/aromatic N) is 2. The van der Waals surface area contributed by atoms with Crippen LogP contribution in [0.1, 0.15) is 48.0 Å². The van der Waals surface area contributed by atoms with E-state index in [0.29, 0.717) is 12.2 Å². The number of carbonyl (C=O) groups is 2. The molecule has 1 amide bonds. The largest absolute Gasteiger partial charge is 0.480 e. The van der Waals surface area contributed by atoms with Crippen molar-refractivity contribution in [1.29, 1.82) is 0 Å². The minimum Gasteiger partial charge on any atom is -0.480 e. The normalized spacial score (nSPS) is 17.1. The maximum Gasteiger partial charge on any atom is 0.326 e. The molecule has 2 N–H and O–H groups in total. The molecule has 2 aromatic rings. The number of rotatable bonds is 8. The highest BCUT2D eigenvalue weighted by atomic mass is 16.5. The highest BCUT2D eigenvalue weighted by Gasteiger charge is 2.28. The third-order valence-electron chi connectivity index (χ3n) is 4.68. The van der Waals surface area contributed by atoms with Gasteiger partial charge in [-0.05, 0) is 49.7 Å². The van der Waals surface area contributed by atoms with Crippen molar-refractivity contribution >= 4 is 11.9 Å². The van der Waals surface area contributed by atoms with E-state index in [2.05, 4.69) is 27.6 Å². The summed E-state index contributed by atoms with van der Waals surface area (Å²) >= 11 is 0. The summed E-state index contributed by atoms with van der Waals surface area (Å²) in [6.45, 7) is 1.41. The predicted molar refractivity (Wildman–Crippen MR) is 95.0 cm³/mol. The van der Waals surface area contributed by atoms with Crippen LogP contribution in [0.4, 0.5) is 0 Å². The first kappa shape index (κ1) is 19.0. The molecule has 3 rings (SSSR count). The van der Waals surface area contributed by atoms with E-state index in [9.17, 15) is 14.7 Å². The summed E-state index contributed by atoms with van der Waals surface area (Å²) in [6, 6.07) is 7.15. The lowest BCUT2D eigenvalue weighted by atomic mass is 9.79. The van der Waals surface area contributed by atoms with Crippen LogP contribution in [0.25, 0.3) is 0 Å². The zero-order chi connectivity index (χ0) is 19.2. The number of benzene rings is 1. The fraction of sp³-hybridized carbons (Fsp3) is 0.474. The number of carboxylic acid groups (broad SMARTS) is 1. The van der Waals surface area contributed by atoms with Gasteiger partial charge in [0.15, 0.2) is 5.82 Å². The van der Waals surface area contributed by atoms with Crippen LogP contribution in [0.5, 0.6) is 0 Å². The minimum absolute atomic E-state index is 0.00198. The number of aryl methyl sites for hydroxylation is 2. The maximum absolute atomic E-state index is 12.1. The van der Waals surface area contributed by atoms with Crippen molar-refractivity contribution in [3.63, 3.8) is 0 Å². The van der Waals surface area contributed by atoms with Gasteiger partial charge in [-0.3, -0.25) is 4.79 Å². The fourth-order valence-corrected chi connectivity index (χ4v) is 3.47. The number of carbonyl (C=O) groups excluding carboxylic acids is 1. The van der Waals surface area contributed by atoms with Crippen molar-refractivity contribution in [2.75, 3.05) is 6.61 Å². The molecule has 2 unspecified atom stereocenters. The molecule has 8 heteroatoms. The number of amides is 1. The SMILES string of the molecule is Cc1noc(COCC(=O)NC(CC2CCCc3ccccc32)C(=O)O)n1. The molecular weight excluding hydrogens is 350 g/mol.